The molecule has 0 saturated carbocycles. The highest BCUT2D eigenvalue weighted by molar-refractivity contribution is 5.95. The number of hydrogen-bond acceptors (Lipinski definition) is 5. The molecule has 1 amide bonds. The van der Waals surface area contributed by atoms with E-state index in [-0.39, 0.29) is 30.9 Å². The molecule has 6 nitrogen and oxygen atoms in total. The molecule has 3 aliphatic rings. The van der Waals surface area contributed by atoms with Gasteiger partial charge in [-0.05, 0) is 18.4 Å². The quantitative estimate of drug-likeness (QED) is 0.613. The highest BCUT2D eigenvalue weighted by Gasteiger charge is 2.58. The highest BCUT2D eigenvalue weighted by Crippen LogP contribution is 2.45. The van der Waals surface area contributed by atoms with Crippen molar-refractivity contribution in [2.75, 3.05) is 0 Å². The summed E-state index contributed by atoms with van der Waals surface area (Å²) in [6.07, 6.45) is 2.14. The van der Waals surface area contributed by atoms with Crippen molar-refractivity contribution in [3.8, 4) is 0 Å². The number of rotatable bonds is 3. The van der Waals surface area contributed by atoms with Crippen LogP contribution in [0.1, 0.15) is 37.7 Å². The van der Waals surface area contributed by atoms with E-state index in [1.54, 1.807) is 4.90 Å². The zero-order valence-corrected chi connectivity index (χ0v) is 14.5. The van der Waals surface area contributed by atoms with E-state index < -0.39 is 17.6 Å². The molecule has 26 heavy (non-hydrogen) atoms. The maximum Gasteiger partial charge on any atom is 0.329 e. The molecule has 6 heteroatoms. The molecule has 0 N–H and O–H groups in total. The zero-order chi connectivity index (χ0) is 18.3. The third kappa shape index (κ3) is 2.69. The topological polar surface area (TPSA) is 72.9 Å². The van der Waals surface area contributed by atoms with E-state index in [2.05, 4.69) is 6.58 Å². The highest BCUT2D eigenvalue weighted by atomic mass is 16.6. The van der Waals surface area contributed by atoms with E-state index in [1.165, 1.54) is 0 Å². The predicted octanol–water partition coefficient (Wildman–Crippen LogP) is 2.13. The fourth-order valence-electron chi connectivity index (χ4n) is 4.25. The van der Waals surface area contributed by atoms with Crippen molar-refractivity contribution in [2.24, 2.45) is 0 Å². The van der Waals surface area contributed by atoms with Gasteiger partial charge in [-0.15, -0.1) is 0 Å². The summed E-state index contributed by atoms with van der Waals surface area (Å²) in [7, 11) is 0. The lowest BCUT2D eigenvalue weighted by molar-refractivity contribution is -0.173. The molecule has 0 aliphatic carbocycles. The summed E-state index contributed by atoms with van der Waals surface area (Å²) < 4.78 is 10.8. The van der Waals surface area contributed by atoms with Gasteiger partial charge in [0.25, 0.3) is 5.91 Å². The number of piperidine rings is 1. The van der Waals surface area contributed by atoms with Crippen molar-refractivity contribution in [3.63, 3.8) is 0 Å². The van der Waals surface area contributed by atoms with E-state index >= 15 is 0 Å². The molecule has 0 bridgehead atoms. The van der Waals surface area contributed by atoms with Crippen LogP contribution < -0.4 is 0 Å². The smallest absolute Gasteiger partial charge is 0.329 e. The van der Waals surface area contributed by atoms with Gasteiger partial charge >= 0.3 is 11.9 Å². The molecule has 0 radical (unpaired) electrons. The van der Waals surface area contributed by atoms with Crippen LogP contribution >= 0.6 is 0 Å². The molecule has 3 atom stereocenters. The van der Waals surface area contributed by atoms with E-state index in [0.717, 1.165) is 11.1 Å². The second-order valence-corrected chi connectivity index (χ2v) is 7.22. The van der Waals surface area contributed by atoms with Gasteiger partial charge in [0.15, 0.2) is 5.60 Å². The molecule has 136 valence electrons. The van der Waals surface area contributed by atoms with E-state index in [4.69, 9.17) is 9.47 Å². The van der Waals surface area contributed by atoms with Crippen LogP contribution in [0.2, 0.25) is 0 Å². The number of esters is 2. The first-order chi connectivity index (χ1) is 12.5. The van der Waals surface area contributed by atoms with Gasteiger partial charge in [0.05, 0.1) is 6.04 Å². The van der Waals surface area contributed by atoms with Gasteiger partial charge < -0.3 is 14.4 Å². The predicted molar refractivity (Wildman–Crippen MR) is 91.7 cm³/mol. The molecule has 3 fully saturated rings. The second-order valence-electron chi connectivity index (χ2n) is 7.22. The van der Waals surface area contributed by atoms with Gasteiger partial charge in [-0.3, -0.25) is 9.59 Å². The van der Waals surface area contributed by atoms with Gasteiger partial charge in [0.1, 0.15) is 12.6 Å². The Hall–Kier alpha value is -2.63. The molecular formula is C20H21NO5. The van der Waals surface area contributed by atoms with Crippen molar-refractivity contribution in [2.45, 2.75) is 56.4 Å². The standard InChI is InChI=1S/C20H21NO5/c1-13-11-20(10-9-17(22)26-20)19(24)21-15(13)7-8-16(21)18(23)25-12-14-5-3-2-4-6-14/h2-6,15-16H,1,7-12H2/t15?,16-,20+/m0/s1. The lowest BCUT2D eigenvalue weighted by atomic mass is 9.83. The molecule has 3 saturated heterocycles. The van der Waals surface area contributed by atoms with Crippen LogP contribution in [0.25, 0.3) is 0 Å². The van der Waals surface area contributed by atoms with Crippen molar-refractivity contribution < 1.29 is 23.9 Å². The van der Waals surface area contributed by atoms with Gasteiger partial charge in [0, 0.05) is 19.3 Å². The third-order valence-corrected chi connectivity index (χ3v) is 5.53. The Morgan fingerprint density at radius 1 is 1.27 bits per heavy atom. The minimum absolute atomic E-state index is 0.171. The summed E-state index contributed by atoms with van der Waals surface area (Å²) in [5.41, 5.74) is 0.566. The van der Waals surface area contributed by atoms with Crippen molar-refractivity contribution in [3.05, 3.63) is 48.0 Å². The molecule has 4 rings (SSSR count). The minimum atomic E-state index is -1.17. The number of amides is 1. The molecule has 3 heterocycles. The number of carbonyl (C=O) groups is 3. The molecule has 0 aromatic heterocycles. The molecule has 1 spiro atoms. The SMILES string of the molecule is C=C1C[C@]2(CCC(=O)O2)C(=O)N2C1CC[C@H]2C(=O)OCc1ccccc1. The number of benzene rings is 1. The summed E-state index contributed by atoms with van der Waals surface area (Å²) in [5, 5.41) is 0. The molecule has 3 aliphatic heterocycles. The van der Waals surface area contributed by atoms with E-state index in [9.17, 15) is 14.4 Å². The van der Waals surface area contributed by atoms with Crippen LogP contribution in [0.5, 0.6) is 0 Å². The van der Waals surface area contributed by atoms with Crippen LogP contribution in [0.3, 0.4) is 0 Å². The molecule has 1 unspecified atom stereocenters. The summed E-state index contributed by atoms with van der Waals surface area (Å²) in [4.78, 5) is 38.9. The van der Waals surface area contributed by atoms with Gasteiger partial charge in [0.2, 0.25) is 0 Å². The fourth-order valence-corrected chi connectivity index (χ4v) is 4.25. The minimum Gasteiger partial charge on any atom is -0.459 e. The Balaban J connectivity index is 1.51. The average molecular weight is 355 g/mol. The fraction of sp³-hybridized carbons (Fsp3) is 0.450. The third-order valence-electron chi connectivity index (χ3n) is 5.53. The van der Waals surface area contributed by atoms with Crippen molar-refractivity contribution in [1.29, 1.82) is 0 Å². The molecular weight excluding hydrogens is 334 g/mol. The van der Waals surface area contributed by atoms with Gasteiger partial charge in [-0.1, -0.05) is 42.5 Å². The largest absolute Gasteiger partial charge is 0.459 e. The summed E-state index contributed by atoms with van der Waals surface area (Å²) in [6.45, 7) is 4.26. The summed E-state index contributed by atoms with van der Waals surface area (Å²) >= 11 is 0. The molecule has 1 aromatic rings. The van der Waals surface area contributed by atoms with Crippen LogP contribution in [-0.2, 0) is 30.5 Å². The maximum absolute atomic E-state index is 13.1. The van der Waals surface area contributed by atoms with Crippen LogP contribution in [-0.4, -0.2) is 40.4 Å². The normalized spacial score (nSPS) is 30.5. The van der Waals surface area contributed by atoms with Gasteiger partial charge in [-0.25, -0.2) is 4.79 Å². The summed E-state index contributed by atoms with van der Waals surface area (Å²) in [6, 6.07) is 8.59. The van der Waals surface area contributed by atoms with Crippen LogP contribution in [0.15, 0.2) is 42.5 Å². The Kier molecular flexibility index (Phi) is 4.05. The Morgan fingerprint density at radius 3 is 2.73 bits per heavy atom. The molecule has 1 aromatic carbocycles. The van der Waals surface area contributed by atoms with Gasteiger partial charge in [-0.2, -0.15) is 0 Å². The van der Waals surface area contributed by atoms with Crippen molar-refractivity contribution >= 4 is 17.8 Å². The van der Waals surface area contributed by atoms with E-state index in [0.29, 0.717) is 25.7 Å². The average Bonchev–Trinajstić information content (AvgIpc) is 3.24. The number of carbonyl (C=O) groups excluding carboxylic acids is 3. The number of ether oxygens (including phenoxy) is 2. The monoisotopic (exact) mass is 355 g/mol. The van der Waals surface area contributed by atoms with E-state index in [1.807, 2.05) is 30.3 Å². The first-order valence-corrected chi connectivity index (χ1v) is 8.93. The number of fused-ring (bicyclic) bond motifs is 1. The van der Waals surface area contributed by atoms with Crippen LogP contribution in [0, 0.1) is 0 Å². The maximum atomic E-state index is 13.1. The zero-order valence-electron chi connectivity index (χ0n) is 14.5. The number of nitrogens with zero attached hydrogens (tertiary/aromatic N) is 1. The number of hydrogen-bond donors (Lipinski definition) is 0. The summed E-state index contributed by atoms with van der Waals surface area (Å²) in [5.74, 6) is -1.06. The van der Waals surface area contributed by atoms with Crippen LogP contribution in [0.4, 0.5) is 0 Å². The Labute approximate surface area is 151 Å². The van der Waals surface area contributed by atoms with Crippen molar-refractivity contribution in [1.82, 2.24) is 4.90 Å². The lowest BCUT2D eigenvalue weighted by Crippen LogP contribution is -2.59. The first-order valence-electron chi connectivity index (χ1n) is 8.93. The Morgan fingerprint density at radius 2 is 2.04 bits per heavy atom. The Bertz CT molecular complexity index is 774. The first kappa shape index (κ1) is 16.8. The lowest BCUT2D eigenvalue weighted by Gasteiger charge is -2.42. The second kappa shape index (κ2) is 6.27.